The zero-order chi connectivity index (χ0) is 38.3. The third-order valence-electron chi connectivity index (χ3n) is 10.8. The van der Waals surface area contributed by atoms with E-state index in [0.29, 0.717) is 36.3 Å². The molecule has 0 unspecified atom stereocenters. The van der Waals surface area contributed by atoms with Crippen LogP contribution < -0.4 is 5.32 Å². The van der Waals surface area contributed by atoms with E-state index in [-0.39, 0.29) is 0 Å². The topological polar surface area (TPSA) is 33.6 Å². The summed E-state index contributed by atoms with van der Waals surface area (Å²) in [4.78, 5) is 5.46. The van der Waals surface area contributed by atoms with Gasteiger partial charge in [-0.3, -0.25) is 0 Å². The summed E-state index contributed by atoms with van der Waals surface area (Å²) in [5.41, 5.74) is 10.7. The van der Waals surface area contributed by atoms with E-state index in [1.54, 1.807) is 0 Å². The van der Waals surface area contributed by atoms with Crippen LogP contribution in [0.15, 0.2) is 29.3 Å². The van der Waals surface area contributed by atoms with E-state index in [1.807, 2.05) is 0 Å². The van der Waals surface area contributed by atoms with E-state index in [2.05, 4.69) is 106 Å². The summed E-state index contributed by atoms with van der Waals surface area (Å²) in [6, 6.07) is 10.5. The maximum absolute atomic E-state index is 6.58. The monoisotopic (exact) mass is 717 g/mol. The third-order valence-corrected chi connectivity index (χ3v) is 10.8. The van der Waals surface area contributed by atoms with Gasteiger partial charge < -0.3 is 10.1 Å². The fraction of sp³-hybridized carbons (Fsp3) is 0.735. The van der Waals surface area contributed by atoms with Gasteiger partial charge in [0.25, 0.3) is 6.02 Å². The quantitative estimate of drug-likeness (QED) is 0.0567. The van der Waals surface area contributed by atoms with Crippen molar-refractivity contribution in [1.29, 1.82) is 0 Å². The molecule has 0 radical (unpaired) electrons. The first-order valence-electron chi connectivity index (χ1n) is 22.4. The molecule has 3 nitrogen and oxygen atoms in total. The number of rotatable bonds is 27. The van der Waals surface area contributed by atoms with Gasteiger partial charge in [-0.25, -0.2) is 0 Å². The van der Waals surface area contributed by atoms with Crippen molar-refractivity contribution in [2.24, 2.45) is 4.99 Å². The van der Waals surface area contributed by atoms with Crippen molar-refractivity contribution in [3.05, 3.63) is 57.6 Å². The molecule has 0 saturated carbocycles. The lowest BCUT2D eigenvalue weighted by atomic mass is 9.88. The van der Waals surface area contributed by atoms with Gasteiger partial charge in [0.2, 0.25) is 0 Å². The van der Waals surface area contributed by atoms with Crippen molar-refractivity contribution in [3.63, 3.8) is 0 Å². The summed E-state index contributed by atoms with van der Waals surface area (Å²) in [6.45, 7) is 26.1. The Labute approximate surface area is 324 Å². The molecule has 0 atom stereocenters. The summed E-state index contributed by atoms with van der Waals surface area (Å²) in [5, 5.41) is 3.86. The van der Waals surface area contributed by atoms with E-state index in [1.165, 1.54) is 142 Å². The highest BCUT2D eigenvalue weighted by Gasteiger charge is 2.21. The Hall–Kier alpha value is -2.29. The first kappa shape index (κ1) is 45.9. The average molecular weight is 717 g/mol. The molecule has 0 heterocycles. The Balaban J connectivity index is 2.43. The molecule has 0 amide bonds. The maximum atomic E-state index is 6.58. The van der Waals surface area contributed by atoms with Crippen molar-refractivity contribution in [2.45, 2.75) is 228 Å². The van der Waals surface area contributed by atoms with Crippen LogP contribution in [0.3, 0.4) is 0 Å². The molecule has 52 heavy (non-hydrogen) atoms. The van der Waals surface area contributed by atoms with Gasteiger partial charge >= 0.3 is 0 Å². The number of hydrogen-bond donors (Lipinski definition) is 1. The zero-order valence-corrected chi connectivity index (χ0v) is 36.3. The Morgan fingerprint density at radius 1 is 0.481 bits per heavy atom. The molecule has 0 aliphatic carbocycles. The fourth-order valence-corrected chi connectivity index (χ4v) is 7.39. The Morgan fingerprint density at radius 2 is 0.827 bits per heavy atom. The highest BCUT2D eigenvalue weighted by atomic mass is 16.5. The van der Waals surface area contributed by atoms with Crippen molar-refractivity contribution >= 4 is 17.4 Å². The molecule has 2 rings (SSSR count). The maximum Gasteiger partial charge on any atom is 0.294 e. The van der Waals surface area contributed by atoms with Crippen molar-refractivity contribution in [1.82, 2.24) is 0 Å². The van der Waals surface area contributed by atoms with Crippen LogP contribution in [-0.4, -0.2) is 12.6 Å². The summed E-state index contributed by atoms with van der Waals surface area (Å²) >= 11 is 0. The second-order valence-corrected chi connectivity index (χ2v) is 17.1. The fourth-order valence-electron chi connectivity index (χ4n) is 7.39. The molecule has 0 saturated heterocycles. The molecular weight excluding hydrogens is 633 g/mol. The van der Waals surface area contributed by atoms with Gasteiger partial charge in [-0.1, -0.05) is 197 Å². The lowest BCUT2D eigenvalue weighted by Gasteiger charge is -2.24. The van der Waals surface area contributed by atoms with Crippen LogP contribution in [0.4, 0.5) is 11.4 Å². The van der Waals surface area contributed by atoms with Crippen molar-refractivity contribution in [3.8, 4) is 0 Å². The molecular formula is C49H84N2O. The number of amidine groups is 1. The van der Waals surface area contributed by atoms with Gasteiger partial charge in [-0.05, 0) is 89.2 Å². The van der Waals surface area contributed by atoms with Crippen LogP contribution >= 0.6 is 0 Å². The summed E-state index contributed by atoms with van der Waals surface area (Å²) in [7, 11) is 0. The Kier molecular flexibility index (Phi) is 23.4. The molecule has 0 bridgehead atoms. The Bertz CT molecular complexity index is 1210. The average Bonchev–Trinajstić information content (AvgIpc) is 3.10. The van der Waals surface area contributed by atoms with Crippen LogP contribution in [-0.2, 0) is 17.6 Å². The number of aryl methyl sites for hydroxylation is 2. The number of hydrogen-bond acceptors (Lipinski definition) is 2. The summed E-state index contributed by atoms with van der Waals surface area (Å²) in [5.74, 6) is 1.53. The first-order valence-corrected chi connectivity index (χ1v) is 22.4. The minimum absolute atomic E-state index is 0.375. The smallest absolute Gasteiger partial charge is 0.294 e. The third kappa shape index (κ3) is 16.8. The van der Waals surface area contributed by atoms with Gasteiger partial charge in [-0.15, -0.1) is 0 Å². The Morgan fingerprint density at radius 3 is 1.19 bits per heavy atom. The number of anilines is 1. The SMILES string of the molecule is CCCCCCCCCCc1cc(C(C)C)c(N=C(Nc2c(C(C)C)cc(CCCCCCCCCC)cc2C(C)C)OCCCC)c(C(C)C)c1. The zero-order valence-electron chi connectivity index (χ0n) is 36.3. The van der Waals surface area contributed by atoms with Gasteiger partial charge in [0, 0.05) is 5.69 Å². The van der Waals surface area contributed by atoms with Crippen LogP contribution in [0.1, 0.15) is 249 Å². The molecule has 0 fully saturated rings. The molecule has 1 N–H and O–H groups in total. The molecule has 0 aromatic heterocycles. The number of unbranched alkanes of at least 4 members (excludes halogenated alkanes) is 15. The normalized spacial score (nSPS) is 12.2. The van der Waals surface area contributed by atoms with Gasteiger partial charge in [0.15, 0.2) is 0 Å². The minimum Gasteiger partial charge on any atom is -0.465 e. The van der Waals surface area contributed by atoms with E-state index in [9.17, 15) is 0 Å². The van der Waals surface area contributed by atoms with Gasteiger partial charge in [-0.2, -0.15) is 4.99 Å². The molecule has 296 valence electrons. The van der Waals surface area contributed by atoms with Gasteiger partial charge in [0.05, 0.1) is 12.3 Å². The predicted molar refractivity (Wildman–Crippen MR) is 233 cm³/mol. The number of nitrogens with one attached hydrogen (secondary N) is 1. The largest absolute Gasteiger partial charge is 0.465 e. The molecule has 2 aromatic carbocycles. The van der Waals surface area contributed by atoms with E-state index < -0.39 is 0 Å². The molecule has 0 spiro atoms. The van der Waals surface area contributed by atoms with Crippen LogP contribution in [0, 0.1) is 0 Å². The molecule has 2 aromatic rings. The van der Waals surface area contributed by atoms with Crippen LogP contribution in [0.5, 0.6) is 0 Å². The highest BCUT2D eigenvalue weighted by Crippen LogP contribution is 2.39. The lowest BCUT2D eigenvalue weighted by molar-refractivity contribution is 0.296. The van der Waals surface area contributed by atoms with Crippen molar-refractivity contribution < 1.29 is 4.74 Å². The standard InChI is InChI=1S/C49H84N2O/c1-12-15-18-20-22-24-26-28-30-41-33-43(37(4)5)47(44(34-41)38(6)7)50-49(52-32-17-14-3)51-48-45(39(8)9)35-42(36-46(48)40(10)11)31-29-27-25-23-21-19-16-13-2/h33-40H,12-32H2,1-11H3,(H,50,51). The van der Waals surface area contributed by atoms with Crippen molar-refractivity contribution in [2.75, 3.05) is 11.9 Å². The summed E-state index contributed by atoms with van der Waals surface area (Å²) in [6.07, 6.45) is 26.1. The second-order valence-electron chi connectivity index (χ2n) is 17.1. The van der Waals surface area contributed by atoms with E-state index in [4.69, 9.17) is 9.73 Å². The van der Waals surface area contributed by atoms with Crippen LogP contribution in [0.25, 0.3) is 0 Å². The predicted octanol–water partition coefficient (Wildman–Crippen LogP) is 16.5. The molecule has 3 heteroatoms. The number of aliphatic imine (C=N–C) groups is 1. The van der Waals surface area contributed by atoms with E-state index in [0.717, 1.165) is 31.4 Å². The van der Waals surface area contributed by atoms with Crippen LogP contribution in [0.2, 0.25) is 0 Å². The number of ether oxygens (including phenoxy) is 1. The minimum atomic E-state index is 0.375. The number of nitrogens with zero attached hydrogens (tertiary/aromatic N) is 1. The van der Waals surface area contributed by atoms with E-state index >= 15 is 0 Å². The lowest BCUT2D eigenvalue weighted by Crippen LogP contribution is -2.20. The summed E-state index contributed by atoms with van der Waals surface area (Å²) < 4.78 is 6.58. The number of benzene rings is 2. The highest BCUT2D eigenvalue weighted by molar-refractivity contribution is 5.93. The van der Waals surface area contributed by atoms with Gasteiger partial charge in [0.1, 0.15) is 0 Å². The first-order chi connectivity index (χ1) is 25.0. The molecule has 0 aliphatic rings. The second kappa shape index (κ2) is 26.5. The molecule has 0 aliphatic heterocycles.